The van der Waals surface area contributed by atoms with Crippen molar-refractivity contribution in [3.8, 4) is 5.75 Å². The van der Waals surface area contributed by atoms with Gasteiger partial charge in [-0.3, -0.25) is 0 Å². The van der Waals surface area contributed by atoms with Crippen molar-refractivity contribution in [1.82, 2.24) is 0 Å². The summed E-state index contributed by atoms with van der Waals surface area (Å²) >= 11 is 0. The summed E-state index contributed by atoms with van der Waals surface area (Å²) in [4.78, 5) is 0. The summed E-state index contributed by atoms with van der Waals surface area (Å²) in [6.45, 7) is 0. The molecule has 0 fully saturated rings. The molecule has 2 bridgehead atoms. The van der Waals surface area contributed by atoms with E-state index >= 15 is 0 Å². The predicted octanol–water partition coefficient (Wildman–Crippen LogP) is 7.20. The second kappa shape index (κ2) is 7.62. The molecule has 4 aromatic rings. The van der Waals surface area contributed by atoms with Gasteiger partial charge < -0.3 is 4.74 Å². The molecule has 2 unspecified atom stereocenters. The second-order valence-corrected chi connectivity index (χ2v) is 10.4. The SMILES string of the molecule is COc1cccc(C2=CC3(c4ccccc4)C=C(c4ccccc4)P2c2ccccc23)c1. The van der Waals surface area contributed by atoms with E-state index in [9.17, 15) is 0 Å². The zero-order chi connectivity index (χ0) is 21.5. The first-order valence-corrected chi connectivity index (χ1v) is 12.2. The molecule has 0 amide bonds. The van der Waals surface area contributed by atoms with E-state index in [0.29, 0.717) is 0 Å². The Hall–Kier alpha value is -3.41. The van der Waals surface area contributed by atoms with Crippen LogP contribution in [0.2, 0.25) is 0 Å². The third-order valence-electron chi connectivity index (χ3n) is 6.49. The van der Waals surface area contributed by atoms with Gasteiger partial charge in [-0.1, -0.05) is 109 Å². The van der Waals surface area contributed by atoms with Crippen LogP contribution in [0.25, 0.3) is 10.6 Å². The van der Waals surface area contributed by atoms with Gasteiger partial charge in [0, 0.05) is 0 Å². The number of rotatable bonds is 4. The summed E-state index contributed by atoms with van der Waals surface area (Å²) < 4.78 is 5.58. The van der Waals surface area contributed by atoms with Crippen LogP contribution in [-0.4, -0.2) is 7.11 Å². The Balaban J connectivity index is 1.68. The quantitative estimate of drug-likeness (QED) is 0.311. The van der Waals surface area contributed by atoms with Crippen LogP contribution in [0.3, 0.4) is 0 Å². The first-order chi connectivity index (χ1) is 15.8. The van der Waals surface area contributed by atoms with E-state index in [0.717, 1.165) is 5.75 Å². The highest BCUT2D eigenvalue weighted by Gasteiger charge is 2.45. The van der Waals surface area contributed by atoms with Crippen LogP contribution in [0.4, 0.5) is 0 Å². The van der Waals surface area contributed by atoms with Crippen molar-refractivity contribution in [2.45, 2.75) is 5.41 Å². The number of hydrogen-bond donors (Lipinski definition) is 0. The maximum atomic E-state index is 5.58. The van der Waals surface area contributed by atoms with Crippen molar-refractivity contribution in [3.63, 3.8) is 0 Å². The number of allylic oxidation sites excluding steroid dienone is 2. The third kappa shape index (κ3) is 2.89. The lowest BCUT2D eigenvalue weighted by atomic mass is 9.72. The average Bonchev–Trinajstić information content (AvgIpc) is 2.89. The molecule has 0 saturated carbocycles. The van der Waals surface area contributed by atoms with Crippen molar-refractivity contribution >= 4 is 23.9 Å². The third-order valence-corrected chi connectivity index (χ3v) is 9.10. The molecule has 7 rings (SSSR count). The first-order valence-electron chi connectivity index (χ1n) is 10.9. The van der Waals surface area contributed by atoms with E-state index in [1.165, 1.54) is 38.2 Å². The van der Waals surface area contributed by atoms with Gasteiger partial charge in [-0.15, -0.1) is 0 Å². The van der Waals surface area contributed by atoms with Crippen LogP contribution in [0.1, 0.15) is 22.3 Å². The molecule has 0 spiro atoms. The van der Waals surface area contributed by atoms with Crippen LogP contribution in [-0.2, 0) is 5.41 Å². The summed E-state index contributed by atoms with van der Waals surface area (Å²) in [5.41, 5.74) is 4.96. The van der Waals surface area contributed by atoms with E-state index in [2.05, 4.69) is 115 Å². The summed E-state index contributed by atoms with van der Waals surface area (Å²) in [6.07, 6.45) is 5.03. The molecule has 3 heterocycles. The standard InChI is InChI=1S/C30H23OP/c1-31-25-16-10-13-23(19-25)29-21-30(24-14-6-3-7-15-24)20-28(22-11-4-2-5-12-22)32(29)27-18-9-8-17-26(27)30/h2-21H,1H3. The molecule has 154 valence electrons. The number of methoxy groups -OCH3 is 1. The van der Waals surface area contributed by atoms with Gasteiger partial charge in [0.15, 0.2) is 0 Å². The highest BCUT2D eigenvalue weighted by atomic mass is 31.1. The Labute approximate surface area is 190 Å². The summed E-state index contributed by atoms with van der Waals surface area (Å²) in [5, 5.41) is 4.29. The Morgan fingerprint density at radius 3 is 2.00 bits per heavy atom. The molecule has 0 aromatic heterocycles. The Kier molecular flexibility index (Phi) is 4.59. The maximum absolute atomic E-state index is 5.58. The largest absolute Gasteiger partial charge is 0.497 e. The molecular weight excluding hydrogens is 407 g/mol. The van der Waals surface area contributed by atoms with Crippen molar-refractivity contribution in [2.75, 3.05) is 7.11 Å². The van der Waals surface area contributed by atoms with Crippen LogP contribution in [0, 0.1) is 0 Å². The molecule has 0 N–H and O–H groups in total. The monoisotopic (exact) mass is 430 g/mol. The van der Waals surface area contributed by atoms with Crippen molar-refractivity contribution in [3.05, 3.63) is 144 Å². The topological polar surface area (TPSA) is 9.23 Å². The number of benzene rings is 4. The Morgan fingerprint density at radius 1 is 0.625 bits per heavy atom. The van der Waals surface area contributed by atoms with E-state index in [-0.39, 0.29) is 5.41 Å². The Morgan fingerprint density at radius 2 is 1.25 bits per heavy atom. The highest BCUT2D eigenvalue weighted by Crippen LogP contribution is 2.69. The summed E-state index contributed by atoms with van der Waals surface area (Å²) in [6, 6.07) is 39.3. The number of ether oxygens (including phenoxy) is 1. The zero-order valence-corrected chi connectivity index (χ0v) is 18.8. The first kappa shape index (κ1) is 19.3. The molecule has 4 aromatic carbocycles. The lowest BCUT2D eigenvalue weighted by molar-refractivity contribution is 0.414. The van der Waals surface area contributed by atoms with Crippen LogP contribution >= 0.6 is 7.92 Å². The number of hydrogen-bond acceptors (Lipinski definition) is 1. The molecule has 0 saturated heterocycles. The predicted molar refractivity (Wildman–Crippen MR) is 136 cm³/mol. The second-order valence-electron chi connectivity index (χ2n) is 8.24. The van der Waals surface area contributed by atoms with E-state index in [1.54, 1.807) is 7.11 Å². The summed E-state index contributed by atoms with van der Waals surface area (Å²) in [7, 11) is 1.07. The van der Waals surface area contributed by atoms with E-state index in [4.69, 9.17) is 4.74 Å². The molecule has 2 atom stereocenters. The highest BCUT2D eigenvalue weighted by molar-refractivity contribution is 7.84. The zero-order valence-electron chi connectivity index (χ0n) is 17.9. The van der Waals surface area contributed by atoms with Crippen molar-refractivity contribution in [1.29, 1.82) is 0 Å². The van der Waals surface area contributed by atoms with Crippen LogP contribution in [0.15, 0.2) is 121 Å². The minimum atomic E-state index is -0.672. The van der Waals surface area contributed by atoms with Crippen LogP contribution in [0.5, 0.6) is 5.75 Å². The fourth-order valence-electron chi connectivity index (χ4n) is 5.02. The van der Waals surface area contributed by atoms with E-state index < -0.39 is 7.92 Å². The summed E-state index contributed by atoms with van der Waals surface area (Å²) in [5.74, 6) is 0.897. The van der Waals surface area contributed by atoms with Gasteiger partial charge in [-0.25, -0.2) is 0 Å². The van der Waals surface area contributed by atoms with Crippen molar-refractivity contribution < 1.29 is 4.74 Å². The molecule has 3 aliphatic rings. The minimum absolute atomic E-state index is 0.293. The maximum Gasteiger partial charge on any atom is 0.119 e. The molecular formula is C30H23OP. The van der Waals surface area contributed by atoms with Gasteiger partial charge in [0.2, 0.25) is 0 Å². The smallest absolute Gasteiger partial charge is 0.119 e. The lowest BCUT2D eigenvalue weighted by Gasteiger charge is -2.46. The Bertz CT molecular complexity index is 1350. The molecule has 3 aliphatic heterocycles. The van der Waals surface area contributed by atoms with Gasteiger partial charge in [0.25, 0.3) is 0 Å². The van der Waals surface area contributed by atoms with Gasteiger partial charge in [0.1, 0.15) is 5.75 Å². The van der Waals surface area contributed by atoms with Crippen LogP contribution < -0.4 is 10.0 Å². The van der Waals surface area contributed by atoms with E-state index in [1.807, 2.05) is 6.07 Å². The van der Waals surface area contributed by atoms with Gasteiger partial charge in [0.05, 0.1) is 12.5 Å². The lowest BCUT2D eigenvalue weighted by Crippen LogP contribution is -2.36. The van der Waals surface area contributed by atoms with Crippen molar-refractivity contribution in [2.24, 2.45) is 0 Å². The molecule has 2 heteroatoms. The molecule has 0 radical (unpaired) electrons. The van der Waals surface area contributed by atoms with Gasteiger partial charge in [-0.05, 0) is 58.2 Å². The molecule has 32 heavy (non-hydrogen) atoms. The minimum Gasteiger partial charge on any atom is -0.497 e. The van der Waals surface area contributed by atoms with Gasteiger partial charge in [-0.2, -0.15) is 0 Å². The molecule has 0 aliphatic carbocycles. The fourth-order valence-corrected chi connectivity index (χ4v) is 8.00. The fraction of sp³-hybridized carbons (Fsp3) is 0.0667. The normalized spacial score (nSPS) is 20.8. The molecule has 1 nitrogen and oxygen atoms in total. The van der Waals surface area contributed by atoms with Gasteiger partial charge >= 0.3 is 0 Å². The average molecular weight is 430 g/mol.